The highest BCUT2D eigenvalue weighted by atomic mass is 35.5. The topological polar surface area (TPSA) is 58.6 Å². The second kappa shape index (κ2) is 11.4. The maximum absolute atomic E-state index is 13.1. The largest absolute Gasteiger partial charge is 0.483 e. The van der Waals surface area contributed by atoms with Gasteiger partial charge in [-0.15, -0.1) is 0 Å². The van der Waals surface area contributed by atoms with E-state index in [0.717, 1.165) is 11.1 Å². The molecule has 0 aromatic heterocycles. The molecule has 0 heterocycles. The summed E-state index contributed by atoms with van der Waals surface area (Å²) in [4.78, 5) is 27.3. The third-order valence-corrected chi connectivity index (χ3v) is 5.49. The zero-order valence-electron chi connectivity index (χ0n) is 18.7. The van der Waals surface area contributed by atoms with Crippen LogP contribution in [0.25, 0.3) is 0 Å². The number of nitrogens with zero attached hydrogens (tertiary/aromatic N) is 1. The summed E-state index contributed by atoms with van der Waals surface area (Å²) in [6, 6.07) is 10.2. The van der Waals surface area contributed by atoms with E-state index in [2.05, 4.69) is 5.32 Å². The van der Waals surface area contributed by atoms with Gasteiger partial charge in [0.05, 0.1) is 0 Å². The molecule has 0 fully saturated rings. The number of nitrogens with one attached hydrogen (secondary N) is 1. The average molecular weight is 465 g/mol. The Morgan fingerprint density at radius 1 is 1.06 bits per heavy atom. The van der Waals surface area contributed by atoms with Gasteiger partial charge >= 0.3 is 0 Å². The first kappa shape index (κ1) is 25.0. The molecular weight excluding hydrogens is 435 g/mol. The summed E-state index contributed by atoms with van der Waals surface area (Å²) in [6.45, 7) is 10.1. The molecule has 0 aliphatic heterocycles. The Hall–Kier alpha value is -2.24. The minimum atomic E-state index is -0.694. The zero-order valence-corrected chi connectivity index (χ0v) is 20.2. The van der Waals surface area contributed by atoms with E-state index in [1.807, 2.05) is 45.9 Å². The van der Waals surface area contributed by atoms with Crippen LogP contribution in [0.4, 0.5) is 0 Å². The highest BCUT2D eigenvalue weighted by molar-refractivity contribution is 6.35. The minimum Gasteiger partial charge on any atom is -0.483 e. The number of carbonyl (C=O) groups excluding carboxylic acids is 2. The van der Waals surface area contributed by atoms with E-state index >= 15 is 0 Å². The normalized spacial score (nSPS) is 11.9. The lowest BCUT2D eigenvalue weighted by atomic mass is 10.1. The lowest BCUT2D eigenvalue weighted by molar-refractivity contribution is -0.142. The van der Waals surface area contributed by atoms with Gasteiger partial charge in [-0.25, -0.2) is 0 Å². The van der Waals surface area contributed by atoms with Crippen LogP contribution in [-0.4, -0.2) is 35.9 Å². The van der Waals surface area contributed by atoms with Crippen LogP contribution >= 0.6 is 23.2 Å². The van der Waals surface area contributed by atoms with Gasteiger partial charge in [0.1, 0.15) is 11.8 Å². The highest BCUT2D eigenvalue weighted by Gasteiger charge is 2.27. The van der Waals surface area contributed by atoms with Crippen LogP contribution in [-0.2, 0) is 16.1 Å². The number of amides is 2. The highest BCUT2D eigenvalue weighted by Crippen LogP contribution is 2.24. The summed E-state index contributed by atoms with van der Waals surface area (Å²) in [5.41, 5.74) is 2.68. The van der Waals surface area contributed by atoms with Crippen LogP contribution in [0.3, 0.4) is 0 Å². The first-order valence-electron chi connectivity index (χ1n) is 10.3. The number of ether oxygens (including phenoxy) is 1. The summed E-state index contributed by atoms with van der Waals surface area (Å²) in [5, 5.41) is 3.84. The molecule has 0 aliphatic carbocycles. The third kappa shape index (κ3) is 7.44. The fraction of sp³-hybridized carbons (Fsp3) is 0.417. The van der Waals surface area contributed by atoms with Crippen LogP contribution in [0.1, 0.15) is 37.5 Å². The molecule has 0 saturated heterocycles. The monoisotopic (exact) mass is 464 g/mol. The maximum atomic E-state index is 13.1. The van der Waals surface area contributed by atoms with Gasteiger partial charge in [-0.05, 0) is 61.6 Å². The van der Waals surface area contributed by atoms with Gasteiger partial charge in [0.2, 0.25) is 5.91 Å². The summed E-state index contributed by atoms with van der Waals surface area (Å²) in [6.07, 6.45) is 0. The molecule has 5 nitrogen and oxygen atoms in total. The van der Waals surface area contributed by atoms with Gasteiger partial charge in [-0.1, -0.05) is 55.2 Å². The van der Waals surface area contributed by atoms with E-state index in [1.165, 1.54) is 4.90 Å². The second-order valence-corrected chi connectivity index (χ2v) is 8.97. The minimum absolute atomic E-state index is 0.168. The van der Waals surface area contributed by atoms with Crippen molar-refractivity contribution in [3.63, 3.8) is 0 Å². The molecule has 0 unspecified atom stereocenters. The predicted molar refractivity (Wildman–Crippen MR) is 126 cm³/mol. The fourth-order valence-corrected chi connectivity index (χ4v) is 3.42. The van der Waals surface area contributed by atoms with E-state index < -0.39 is 6.04 Å². The molecule has 1 N–H and O–H groups in total. The van der Waals surface area contributed by atoms with Crippen LogP contribution in [0.5, 0.6) is 5.75 Å². The molecule has 2 aromatic rings. The zero-order chi connectivity index (χ0) is 23.1. The van der Waals surface area contributed by atoms with E-state index in [-0.39, 0.29) is 25.0 Å². The number of hydrogen-bond acceptors (Lipinski definition) is 3. The molecule has 0 spiro atoms. The van der Waals surface area contributed by atoms with Gasteiger partial charge in [-0.2, -0.15) is 0 Å². The first-order valence-corrected chi connectivity index (χ1v) is 11.0. The van der Waals surface area contributed by atoms with Crippen molar-refractivity contribution in [2.45, 2.75) is 47.2 Å². The van der Waals surface area contributed by atoms with E-state index in [1.54, 1.807) is 25.1 Å². The van der Waals surface area contributed by atoms with Gasteiger partial charge in [0.15, 0.2) is 6.61 Å². The van der Waals surface area contributed by atoms with Gasteiger partial charge in [0.25, 0.3) is 5.91 Å². The van der Waals surface area contributed by atoms with Gasteiger partial charge in [-0.3, -0.25) is 9.59 Å². The first-order chi connectivity index (χ1) is 14.6. The number of halogens is 2. The summed E-state index contributed by atoms with van der Waals surface area (Å²) < 4.78 is 5.80. The van der Waals surface area contributed by atoms with Gasteiger partial charge in [0, 0.05) is 23.1 Å². The van der Waals surface area contributed by atoms with Crippen molar-refractivity contribution in [3.8, 4) is 5.75 Å². The Balaban J connectivity index is 2.21. The Bertz CT molecular complexity index is 931. The molecule has 168 valence electrons. The SMILES string of the molecule is Cc1ccc(C)c(OCC(=O)N(Cc2ccc(Cl)cc2Cl)[C@@H](C)C(=O)NCC(C)C)c1. The van der Waals surface area contributed by atoms with Crippen LogP contribution in [0.2, 0.25) is 10.0 Å². The van der Waals surface area contributed by atoms with Crippen molar-refractivity contribution >= 4 is 35.0 Å². The molecule has 2 aromatic carbocycles. The smallest absolute Gasteiger partial charge is 0.261 e. The fourth-order valence-electron chi connectivity index (χ4n) is 2.95. The van der Waals surface area contributed by atoms with Crippen LogP contribution in [0, 0.1) is 19.8 Å². The summed E-state index contributed by atoms with van der Waals surface area (Å²) in [7, 11) is 0. The van der Waals surface area contributed by atoms with Crippen molar-refractivity contribution in [2.24, 2.45) is 5.92 Å². The van der Waals surface area contributed by atoms with E-state index in [0.29, 0.717) is 33.8 Å². The van der Waals surface area contributed by atoms with Crippen molar-refractivity contribution < 1.29 is 14.3 Å². The number of benzene rings is 2. The van der Waals surface area contributed by atoms with Crippen molar-refractivity contribution in [3.05, 3.63) is 63.1 Å². The van der Waals surface area contributed by atoms with Crippen molar-refractivity contribution in [1.29, 1.82) is 0 Å². The van der Waals surface area contributed by atoms with Crippen LogP contribution < -0.4 is 10.1 Å². The molecule has 31 heavy (non-hydrogen) atoms. The predicted octanol–water partition coefficient (Wildman–Crippen LogP) is 5.18. The molecule has 0 aliphatic rings. The van der Waals surface area contributed by atoms with Crippen molar-refractivity contribution in [1.82, 2.24) is 10.2 Å². The molecule has 7 heteroatoms. The number of aryl methyl sites for hydroxylation is 2. The molecule has 0 radical (unpaired) electrons. The Labute approximate surface area is 194 Å². The quantitative estimate of drug-likeness (QED) is 0.555. The number of carbonyl (C=O) groups is 2. The third-order valence-electron chi connectivity index (χ3n) is 4.90. The average Bonchev–Trinajstić information content (AvgIpc) is 2.71. The Morgan fingerprint density at radius 2 is 1.77 bits per heavy atom. The number of rotatable bonds is 9. The maximum Gasteiger partial charge on any atom is 0.261 e. The molecule has 0 saturated carbocycles. The number of hydrogen-bond donors (Lipinski definition) is 1. The van der Waals surface area contributed by atoms with Gasteiger partial charge < -0.3 is 15.0 Å². The second-order valence-electron chi connectivity index (χ2n) is 8.13. The molecule has 0 bridgehead atoms. The van der Waals surface area contributed by atoms with Crippen LogP contribution in [0.15, 0.2) is 36.4 Å². The lowest BCUT2D eigenvalue weighted by Gasteiger charge is -2.29. The standard InChI is InChI=1S/C24H30Cl2N2O3/c1-15(2)12-27-24(30)18(5)28(13-19-8-9-20(25)11-21(19)26)23(29)14-31-22-10-16(3)6-7-17(22)4/h6-11,15,18H,12-14H2,1-5H3,(H,27,30)/t18-/m0/s1. The molecular formula is C24H30Cl2N2O3. The lowest BCUT2D eigenvalue weighted by Crippen LogP contribution is -2.49. The van der Waals surface area contributed by atoms with E-state index in [9.17, 15) is 9.59 Å². The molecule has 2 amide bonds. The van der Waals surface area contributed by atoms with E-state index in [4.69, 9.17) is 27.9 Å². The molecule has 1 atom stereocenters. The summed E-state index contributed by atoms with van der Waals surface area (Å²) >= 11 is 12.3. The summed E-state index contributed by atoms with van der Waals surface area (Å²) in [5.74, 6) is 0.423. The molecule has 2 rings (SSSR count). The Morgan fingerprint density at radius 3 is 2.42 bits per heavy atom. The Kier molecular flexibility index (Phi) is 9.20. The van der Waals surface area contributed by atoms with Crippen molar-refractivity contribution in [2.75, 3.05) is 13.2 Å².